The normalized spacial score (nSPS) is 10.6. The number of rotatable bonds is 4. The number of anilines is 2. The first kappa shape index (κ1) is 16.5. The van der Waals surface area contributed by atoms with Crippen molar-refractivity contribution in [2.24, 2.45) is 0 Å². The third kappa shape index (κ3) is 3.75. The molecule has 0 radical (unpaired) electrons. The number of fused-ring (bicyclic) bond motifs is 1. The Hall–Kier alpha value is -2.37. The van der Waals surface area contributed by atoms with E-state index in [1.807, 2.05) is 24.3 Å². The lowest BCUT2D eigenvalue weighted by atomic mass is 10.2. The molecule has 0 spiro atoms. The van der Waals surface area contributed by atoms with Crippen molar-refractivity contribution >= 4 is 51.5 Å². The molecule has 0 saturated heterocycles. The predicted octanol–water partition coefficient (Wildman–Crippen LogP) is 4.51. The second-order valence-electron chi connectivity index (χ2n) is 5.23. The zero-order valence-electron chi connectivity index (χ0n) is 12.8. The molecule has 24 heavy (non-hydrogen) atoms. The first-order chi connectivity index (χ1) is 11.5. The van der Waals surface area contributed by atoms with Crippen molar-refractivity contribution in [2.45, 2.75) is 13.5 Å². The topological polar surface area (TPSA) is 66.9 Å². The summed E-state index contributed by atoms with van der Waals surface area (Å²) in [6.07, 6.45) is 1.50. The van der Waals surface area contributed by atoms with Gasteiger partial charge in [-0.3, -0.25) is 4.79 Å². The van der Waals surface area contributed by atoms with Gasteiger partial charge in [-0.15, -0.1) is 0 Å². The van der Waals surface area contributed by atoms with Crippen LogP contribution in [0.3, 0.4) is 0 Å². The van der Waals surface area contributed by atoms with Crippen LogP contribution in [0.1, 0.15) is 12.5 Å². The Labute approximate surface area is 149 Å². The van der Waals surface area contributed by atoms with Crippen LogP contribution >= 0.6 is 23.2 Å². The molecule has 0 bridgehead atoms. The van der Waals surface area contributed by atoms with Crippen molar-refractivity contribution in [3.63, 3.8) is 0 Å². The van der Waals surface area contributed by atoms with Crippen molar-refractivity contribution < 1.29 is 4.79 Å². The van der Waals surface area contributed by atoms with Crippen LogP contribution in [0.4, 0.5) is 11.5 Å². The zero-order valence-corrected chi connectivity index (χ0v) is 14.3. The van der Waals surface area contributed by atoms with Gasteiger partial charge in [-0.2, -0.15) is 0 Å². The third-order valence-electron chi connectivity index (χ3n) is 3.40. The summed E-state index contributed by atoms with van der Waals surface area (Å²) < 4.78 is 0. The van der Waals surface area contributed by atoms with Gasteiger partial charge in [0.2, 0.25) is 5.91 Å². The number of carbonyl (C=O) groups excluding carboxylic acids is 1. The Morgan fingerprint density at radius 1 is 1.12 bits per heavy atom. The Morgan fingerprint density at radius 2 is 1.96 bits per heavy atom. The van der Waals surface area contributed by atoms with Crippen molar-refractivity contribution in [1.82, 2.24) is 9.97 Å². The van der Waals surface area contributed by atoms with Gasteiger partial charge in [0.25, 0.3) is 0 Å². The van der Waals surface area contributed by atoms with Crippen molar-refractivity contribution in [3.05, 3.63) is 58.3 Å². The number of benzene rings is 2. The predicted molar refractivity (Wildman–Crippen MR) is 97.6 cm³/mol. The molecule has 5 nitrogen and oxygen atoms in total. The van der Waals surface area contributed by atoms with Crippen LogP contribution in [-0.2, 0) is 11.3 Å². The summed E-state index contributed by atoms with van der Waals surface area (Å²) in [5.74, 6) is 0.525. The maximum absolute atomic E-state index is 11.2. The molecule has 0 aliphatic heterocycles. The number of nitrogens with one attached hydrogen (secondary N) is 2. The van der Waals surface area contributed by atoms with Gasteiger partial charge in [-0.25, -0.2) is 9.97 Å². The minimum atomic E-state index is -0.168. The Bertz CT molecular complexity index is 914. The van der Waals surface area contributed by atoms with Crippen molar-refractivity contribution in [2.75, 3.05) is 10.6 Å². The van der Waals surface area contributed by atoms with Crippen molar-refractivity contribution in [1.29, 1.82) is 0 Å². The quantitative estimate of drug-likeness (QED) is 0.718. The Balaban J connectivity index is 1.84. The molecule has 0 fully saturated rings. The minimum Gasteiger partial charge on any atom is -0.365 e. The van der Waals surface area contributed by atoms with E-state index < -0.39 is 0 Å². The number of halogens is 2. The number of amides is 1. The van der Waals surface area contributed by atoms with Gasteiger partial charge in [0.05, 0.1) is 16.2 Å². The van der Waals surface area contributed by atoms with Crippen LogP contribution in [0.5, 0.6) is 0 Å². The Kier molecular flexibility index (Phi) is 4.83. The molecule has 122 valence electrons. The van der Waals surface area contributed by atoms with E-state index in [2.05, 4.69) is 20.6 Å². The number of hydrogen-bond acceptors (Lipinski definition) is 4. The average Bonchev–Trinajstić information content (AvgIpc) is 2.55. The van der Waals surface area contributed by atoms with E-state index in [0.29, 0.717) is 28.1 Å². The van der Waals surface area contributed by atoms with Crippen LogP contribution in [0.2, 0.25) is 10.0 Å². The summed E-state index contributed by atoms with van der Waals surface area (Å²) in [6, 6.07) is 10.9. The summed E-state index contributed by atoms with van der Waals surface area (Å²) in [5.41, 5.74) is 2.35. The highest BCUT2D eigenvalue weighted by Gasteiger charge is 2.07. The molecule has 3 rings (SSSR count). The summed E-state index contributed by atoms with van der Waals surface area (Å²) >= 11 is 12.1. The van der Waals surface area contributed by atoms with Gasteiger partial charge in [0.15, 0.2) is 0 Å². The largest absolute Gasteiger partial charge is 0.365 e. The fraction of sp³-hybridized carbons (Fsp3) is 0.118. The number of aromatic nitrogens is 2. The van der Waals surface area contributed by atoms with E-state index in [-0.39, 0.29) is 5.91 Å². The van der Waals surface area contributed by atoms with Crippen LogP contribution in [-0.4, -0.2) is 15.9 Å². The highest BCUT2D eigenvalue weighted by Crippen LogP contribution is 2.25. The molecular weight excluding hydrogens is 347 g/mol. The van der Waals surface area contributed by atoms with Gasteiger partial charge in [0.1, 0.15) is 12.1 Å². The van der Waals surface area contributed by atoms with E-state index in [1.165, 1.54) is 13.3 Å². The molecule has 7 heteroatoms. The van der Waals surface area contributed by atoms with Gasteiger partial charge in [0, 0.05) is 23.9 Å². The number of nitrogens with zero attached hydrogens (tertiary/aromatic N) is 2. The molecule has 0 unspecified atom stereocenters. The first-order valence-corrected chi connectivity index (χ1v) is 7.98. The summed E-state index contributed by atoms with van der Waals surface area (Å²) in [4.78, 5) is 19.7. The summed E-state index contributed by atoms with van der Waals surface area (Å²) in [7, 11) is 0. The van der Waals surface area contributed by atoms with Gasteiger partial charge in [-0.1, -0.05) is 29.3 Å². The SMILES string of the molecule is CC(=O)Nc1cc(CNc2ncnc3ccc(Cl)cc23)ccc1Cl. The van der Waals surface area contributed by atoms with Crippen molar-refractivity contribution in [3.8, 4) is 0 Å². The number of hydrogen-bond donors (Lipinski definition) is 2. The molecule has 0 saturated carbocycles. The molecule has 0 atom stereocenters. The van der Waals surface area contributed by atoms with E-state index in [4.69, 9.17) is 23.2 Å². The van der Waals surface area contributed by atoms with E-state index >= 15 is 0 Å². The van der Waals surface area contributed by atoms with E-state index in [0.717, 1.165) is 16.5 Å². The molecule has 3 aromatic rings. The fourth-order valence-electron chi connectivity index (χ4n) is 2.32. The summed E-state index contributed by atoms with van der Waals surface area (Å²) in [5, 5.41) is 7.94. The van der Waals surface area contributed by atoms with Crippen LogP contribution < -0.4 is 10.6 Å². The molecule has 1 heterocycles. The number of carbonyl (C=O) groups is 1. The fourth-order valence-corrected chi connectivity index (χ4v) is 2.66. The maximum atomic E-state index is 11.2. The molecular formula is C17H14Cl2N4O. The lowest BCUT2D eigenvalue weighted by molar-refractivity contribution is -0.114. The summed E-state index contributed by atoms with van der Waals surface area (Å²) in [6.45, 7) is 1.96. The van der Waals surface area contributed by atoms with Crippen LogP contribution in [0.15, 0.2) is 42.7 Å². The molecule has 2 aromatic carbocycles. The second-order valence-corrected chi connectivity index (χ2v) is 6.08. The highest BCUT2D eigenvalue weighted by atomic mass is 35.5. The maximum Gasteiger partial charge on any atom is 0.221 e. The van der Waals surface area contributed by atoms with Gasteiger partial charge >= 0.3 is 0 Å². The van der Waals surface area contributed by atoms with Gasteiger partial charge in [-0.05, 0) is 35.9 Å². The third-order valence-corrected chi connectivity index (χ3v) is 3.96. The van der Waals surface area contributed by atoms with E-state index in [1.54, 1.807) is 12.1 Å². The molecule has 1 amide bonds. The molecule has 1 aromatic heterocycles. The lowest BCUT2D eigenvalue weighted by Crippen LogP contribution is -2.08. The minimum absolute atomic E-state index is 0.168. The molecule has 0 aliphatic carbocycles. The Morgan fingerprint density at radius 3 is 2.75 bits per heavy atom. The lowest BCUT2D eigenvalue weighted by Gasteiger charge is -2.11. The van der Waals surface area contributed by atoms with Crippen LogP contribution in [0.25, 0.3) is 10.9 Å². The smallest absolute Gasteiger partial charge is 0.221 e. The van der Waals surface area contributed by atoms with E-state index in [9.17, 15) is 4.79 Å². The second kappa shape index (κ2) is 7.03. The molecule has 0 aliphatic rings. The van der Waals surface area contributed by atoms with Gasteiger partial charge < -0.3 is 10.6 Å². The van der Waals surface area contributed by atoms with Crippen LogP contribution in [0, 0.1) is 0 Å². The molecule has 2 N–H and O–H groups in total. The highest BCUT2D eigenvalue weighted by molar-refractivity contribution is 6.33. The standard InChI is InChI=1S/C17H14Cl2N4O/c1-10(24)23-16-6-11(2-4-14(16)19)8-20-17-13-7-12(18)3-5-15(13)21-9-22-17/h2-7,9H,8H2,1H3,(H,23,24)(H,20,21,22). The zero-order chi connectivity index (χ0) is 17.1. The average molecular weight is 361 g/mol. The first-order valence-electron chi connectivity index (χ1n) is 7.23. The monoisotopic (exact) mass is 360 g/mol.